The molecular formula is C20H29N3O3. The van der Waals surface area contributed by atoms with Gasteiger partial charge in [-0.15, -0.1) is 0 Å². The molecular weight excluding hydrogens is 330 g/mol. The number of carbonyl (C=O) groups is 3. The summed E-state index contributed by atoms with van der Waals surface area (Å²) in [6, 6.07) is 7.29. The molecule has 6 nitrogen and oxygen atoms in total. The molecule has 1 aliphatic rings. The topological polar surface area (TPSA) is 87.3 Å². The minimum Gasteiger partial charge on any atom is -0.355 e. The van der Waals surface area contributed by atoms with Crippen LogP contribution in [0.1, 0.15) is 64.0 Å². The molecule has 0 heterocycles. The third-order valence-corrected chi connectivity index (χ3v) is 4.77. The van der Waals surface area contributed by atoms with Crippen LogP contribution in [0.15, 0.2) is 24.3 Å². The quantitative estimate of drug-likeness (QED) is 0.667. The van der Waals surface area contributed by atoms with E-state index in [2.05, 4.69) is 16.0 Å². The molecule has 1 aliphatic carbocycles. The van der Waals surface area contributed by atoms with Crippen molar-refractivity contribution in [3.63, 3.8) is 0 Å². The highest BCUT2D eigenvalue weighted by molar-refractivity contribution is 5.90. The number of amides is 3. The maximum Gasteiger partial charge on any atom is 0.224 e. The van der Waals surface area contributed by atoms with E-state index < -0.39 is 0 Å². The van der Waals surface area contributed by atoms with E-state index in [1.165, 1.54) is 0 Å². The zero-order chi connectivity index (χ0) is 18.9. The van der Waals surface area contributed by atoms with Gasteiger partial charge in [0, 0.05) is 31.0 Å². The second-order valence-corrected chi connectivity index (χ2v) is 6.84. The summed E-state index contributed by atoms with van der Waals surface area (Å²) < 4.78 is 0. The molecule has 0 saturated heterocycles. The van der Waals surface area contributed by atoms with Gasteiger partial charge in [0.15, 0.2) is 0 Å². The molecule has 6 heteroatoms. The van der Waals surface area contributed by atoms with Gasteiger partial charge in [0.25, 0.3) is 0 Å². The van der Waals surface area contributed by atoms with Crippen LogP contribution in [-0.2, 0) is 14.4 Å². The largest absolute Gasteiger partial charge is 0.355 e. The molecule has 0 aromatic heterocycles. The van der Waals surface area contributed by atoms with Crippen LogP contribution in [0.4, 0.5) is 5.69 Å². The minimum atomic E-state index is -0.135. The number of nitrogens with one attached hydrogen (secondary N) is 3. The van der Waals surface area contributed by atoms with Crippen molar-refractivity contribution in [3.8, 4) is 0 Å². The summed E-state index contributed by atoms with van der Waals surface area (Å²) in [6.45, 7) is 4.09. The van der Waals surface area contributed by atoms with Crippen molar-refractivity contribution in [3.05, 3.63) is 29.8 Å². The van der Waals surface area contributed by atoms with Crippen molar-refractivity contribution < 1.29 is 14.4 Å². The summed E-state index contributed by atoms with van der Waals surface area (Å²) in [7, 11) is 0. The maximum atomic E-state index is 12.1. The Morgan fingerprint density at radius 3 is 2.35 bits per heavy atom. The fraction of sp³-hybridized carbons (Fsp3) is 0.550. The Kier molecular flexibility index (Phi) is 7.63. The highest BCUT2D eigenvalue weighted by Crippen LogP contribution is 2.24. The number of hydrogen-bond donors (Lipinski definition) is 3. The molecule has 1 fully saturated rings. The highest BCUT2D eigenvalue weighted by atomic mass is 16.2. The van der Waals surface area contributed by atoms with Gasteiger partial charge in [-0.25, -0.2) is 0 Å². The average molecular weight is 359 g/mol. The molecule has 1 atom stereocenters. The first kappa shape index (κ1) is 19.9. The van der Waals surface area contributed by atoms with E-state index in [9.17, 15) is 14.4 Å². The molecule has 1 aromatic carbocycles. The summed E-state index contributed by atoms with van der Waals surface area (Å²) in [5.74, 6) is 0.0862. The van der Waals surface area contributed by atoms with E-state index in [0.29, 0.717) is 13.0 Å². The molecule has 0 radical (unpaired) electrons. The lowest BCUT2D eigenvalue weighted by Crippen LogP contribution is -2.34. The van der Waals surface area contributed by atoms with E-state index in [4.69, 9.17) is 0 Å². The first-order chi connectivity index (χ1) is 12.5. The lowest BCUT2D eigenvalue weighted by Gasteiger charge is -2.16. The van der Waals surface area contributed by atoms with Crippen molar-refractivity contribution in [2.75, 3.05) is 11.9 Å². The Hall–Kier alpha value is -2.37. The van der Waals surface area contributed by atoms with Crippen LogP contribution < -0.4 is 16.0 Å². The Balaban J connectivity index is 1.72. The van der Waals surface area contributed by atoms with E-state index in [1.807, 2.05) is 31.2 Å². The average Bonchev–Trinajstić information content (AvgIpc) is 3.16. The molecule has 3 amide bonds. The Morgan fingerprint density at radius 1 is 1.08 bits per heavy atom. The van der Waals surface area contributed by atoms with Gasteiger partial charge in [-0.1, -0.05) is 31.9 Å². The van der Waals surface area contributed by atoms with Gasteiger partial charge in [-0.05, 0) is 37.5 Å². The summed E-state index contributed by atoms with van der Waals surface area (Å²) >= 11 is 0. The summed E-state index contributed by atoms with van der Waals surface area (Å²) in [4.78, 5) is 35.4. The normalized spacial score (nSPS) is 15.3. The van der Waals surface area contributed by atoms with Crippen LogP contribution >= 0.6 is 0 Å². The Labute approximate surface area is 155 Å². The van der Waals surface area contributed by atoms with E-state index >= 15 is 0 Å². The molecule has 0 bridgehead atoms. The number of rotatable bonds is 8. The van der Waals surface area contributed by atoms with Crippen molar-refractivity contribution in [1.82, 2.24) is 10.6 Å². The molecule has 26 heavy (non-hydrogen) atoms. The number of anilines is 1. The Morgan fingerprint density at radius 2 is 1.73 bits per heavy atom. The monoisotopic (exact) mass is 359 g/mol. The van der Waals surface area contributed by atoms with Gasteiger partial charge in [0.2, 0.25) is 17.7 Å². The van der Waals surface area contributed by atoms with E-state index in [1.54, 1.807) is 6.92 Å². The highest BCUT2D eigenvalue weighted by Gasteiger charge is 2.22. The van der Waals surface area contributed by atoms with Crippen molar-refractivity contribution >= 4 is 23.4 Å². The van der Waals surface area contributed by atoms with Crippen LogP contribution in [-0.4, -0.2) is 24.3 Å². The zero-order valence-electron chi connectivity index (χ0n) is 15.6. The predicted molar refractivity (Wildman–Crippen MR) is 102 cm³/mol. The van der Waals surface area contributed by atoms with Gasteiger partial charge >= 0.3 is 0 Å². The first-order valence-electron chi connectivity index (χ1n) is 9.46. The summed E-state index contributed by atoms with van der Waals surface area (Å²) in [6.07, 6.45) is 4.88. The number of carbonyl (C=O) groups excluding carboxylic acids is 3. The molecule has 1 saturated carbocycles. The predicted octanol–water partition coefficient (Wildman–Crippen LogP) is 2.91. The zero-order valence-corrected chi connectivity index (χ0v) is 15.6. The van der Waals surface area contributed by atoms with Crippen LogP contribution in [0.3, 0.4) is 0 Å². The molecule has 2 rings (SSSR count). The van der Waals surface area contributed by atoms with Crippen molar-refractivity contribution in [1.29, 1.82) is 0 Å². The van der Waals surface area contributed by atoms with Crippen LogP contribution in [0.25, 0.3) is 0 Å². The molecule has 0 spiro atoms. The fourth-order valence-electron chi connectivity index (χ4n) is 3.13. The SMILES string of the molecule is CCC(=O)Nc1ccc(C(C)NC(=O)CCNC(=O)C2CCCC2)cc1. The van der Waals surface area contributed by atoms with Crippen LogP contribution in [0, 0.1) is 5.92 Å². The fourth-order valence-corrected chi connectivity index (χ4v) is 3.13. The Bertz CT molecular complexity index is 622. The van der Waals surface area contributed by atoms with Gasteiger partial charge in [0.1, 0.15) is 0 Å². The van der Waals surface area contributed by atoms with Gasteiger partial charge in [0.05, 0.1) is 6.04 Å². The van der Waals surface area contributed by atoms with Crippen LogP contribution in [0.2, 0.25) is 0 Å². The molecule has 3 N–H and O–H groups in total. The summed E-state index contributed by atoms with van der Waals surface area (Å²) in [5, 5.41) is 8.59. The first-order valence-corrected chi connectivity index (χ1v) is 9.46. The second-order valence-electron chi connectivity index (χ2n) is 6.84. The number of hydrogen-bond acceptors (Lipinski definition) is 3. The molecule has 0 aliphatic heterocycles. The van der Waals surface area contributed by atoms with E-state index in [0.717, 1.165) is 36.9 Å². The van der Waals surface area contributed by atoms with Crippen molar-refractivity contribution in [2.24, 2.45) is 5.92 Å². The minimum absolute atomic E-state index is 0.0289. The van der Waals surface area contributed by atoms with Gasteiger partial charge in [-0.3, -0.25) is 14.4 Å². The van der Waals surface area contributed by atoms with Crippen LogP contribution in [0.5, 0.6) is 0 Å². The molecule has 1 aromatic rings. The third kappa shape index (κ3) is 6.17. The standard InChI is InChI=1S/C20H29N3O3/c1-3-18(24)23-17-10-8-15(9-11-17)14(2)22-19(25)12-13-21-20(26)16-6-4-5-7-16/h8-11,14,16H,3-7,12-13H2,1-2H3,(H,21,26)(H,22,25)(H,23,24). The van der Waals surface area contributed by atoms with Gasteiger partial charge in [-0.2, -0.15) is 0 Å². The second kappa shape index (κ2) is 9.94. The van der Waals surface area contributed by atoms with Crippen molar-refractivity contribution in [2.45, 2.75) is 58.4 Å². The lowest BCUT2D eigenvalue weighted by molar-refractivity contribution is -0.125. The summed E-state index contributed by atoms with van der Waals surface area (Å²) in [5.41, 5.74) is 1.71. The molecule has 142 valence electrons. The number of benzene rings is 1. The maximum absolute atomic E-state index is 12.1. The molecule has 1 unspecified atom stereocenters. The van der Waals surface area contributed by atoms with Gasteiger partial charge < -0.3 is 16.0 Å². The third-order valence-electron chi connectivity index (χ3n) is 4.77. The smallest absolute Gasteiger partial charge is 0.224 e. The van der Waals surface area contributed by atoms with E-state index in [-0.39, 0.29) is 36.1 Å². The lowest BCUT2D eigenvalue weighted by atomic mass is 10.1.